The summed E-state index contributed by atoms with van der Waals surface area (Å²) in [5.74, 6) is 0.0693. The number of nitrogens with one attached hydrogen (secondary N) is 1. The monoisotopic (exact) mass is 355 g/mol. The number of amides is 1. The van der Waals surface area contributed by atoms with Crippen molar-refractivity contribution in [3.8, 4) is 5.75 Å². The first-order valence-corrected chi connectivity index (χ1v) is 8.84. The molecule has 0 fully saturated rings. The molecule has 5 heteroatoms. The molecule has 0 aliphatic heterocycles. The first-order chi connectivity index (χ1) is 12.5. The zero-order valence-corrected chi connectivity index (χ0v) is 15.5. The average molecular weight is 355 g/mol. The molecule has 1 N–H and O–H groups in total. The van der Waals surface area contributed by atoms with E-state index >= 15 is 0 Å². The number of anilines is 1. The highest BCUT2D eigenvalue weighted by Gasteiger charge is 2.18. The second-order valence-corrected chi connectivity index (χ2v) is 6.03. The minimum atomic E-state index is -0.591. The van der Waals surface area contributed by atoms with Crippen LogP contribution in [0.25, 0.3) is 0 Å². The third-order valence-electron chi connectivity index (χ3n) is 3.79. The summed E-state index contributed by atoms with van der Waals surface area (Å²) >= 11 is 0. The van der Waals surface area contributed by atoms with Gasteiger partial charge in [-0.1, -0.05) is 31.5 Å². The van der Waals surface area contributed by atoms with Gasteiger partial charge in [0.1, 0.15) is 5.75 Å². The predicted molar refractivity (Wildman–Crippen MR) is 102 cm³/mol. The van der Waals surface area contributed by atoms with Crippen LogP contribution >= 0.6 is 0 Å². The molecule has 2 aromatic carbocycles. The van der Waals surface area contributed by atoms with Crippen LogP contribution in [-0.4, -0.2) is 24.6 Å². The first-order valence-electron chi connectivity index (χ1n) is 8.84. The summed E-state index contributed by atoms with van der Waals surface area (Å²) in [6.07, 6.45) is 0.729. The molecule has 138 valence electrons. The van der Waals surface area contributed by atoms with Crippen LogP contribution in [0.4, 0.5) is 5.69 Å². The molecule has 0 aliphatic rings. The van der Waals surface area contributed by atoms with E-state index in [4.69, 9.17) is 9.47 Å². The van der Waals surface area contributed by atoms with E-state index in [1.807, 2.05) is 45.0 Å². The Morgan fingerprint density at radius 2 is 1.65 bits per heavy atom. The van der Waals surface area contributed by atoms with Gasteiger partial charge >= 0.3 is 5.97 Å². The fourth-order valence-electron chi connectivity index (χ4n) is 2.29. The smallest absolute Gasteiger partial charge is 0.338 e. The molecule has 1 amide bonds. The molecule has 0 unspecified atom stereocenters. The Hall–Kier alpha value is -2.82. The van der Waals surface area contributed by atoms with Crippen LogP contribution in [0.15, 0.2) is 48.5 Å². The maximum atomic E-state index is 12.4. The van der Waals surface area contributed by atoms with E-state index in [-0.39, 0.29) is 11.9 Å². The van der Waals surface area contributed by atoms with Gasteiger partial charge in [0, 0.05) is 5.69 Å². The lowest BCUT2D eigenvalue weighted by molar-refractivity contribution is -0.122. The zero-order valence-electron chi connectivity index (χ0n) is 15.5. The van der Waals surface area contributed by atoms with Crippen molar-refractivity contribution in [3.05, 3.63) is 59.7 Å². The third kappa shape index (κ3) is 5.62. The van der Waals surface area contributed by atoms with Gasteiger partial charge in [-0.05, 0) is 56.2 Å². The molecule has 0 saturated heterocycles. The Balaban J connectivity index is 1.96. The van der Waals surface area contributed by atoms with E-state index in [9.17, 15) is 9.59 Å². The van der Waals surface area contributed by atoms with Crippen LogP contribution in [-0.2, 0) is 9.53 Å². The van der Waals surface area contributed by atoms with E-state index in [0.717, 1.165) is 12.0 Å². The van der Waals surface area contributed by atoms with Crippen LogP contribution in [0.1, 0.15) is 42.6 Å². The van der Waals surface area contributed by atoms with E-state index in [2.05, 4.69) is 5.32 Å². The molecular weight excluding hydrogens is 330 g/mol. The number of hydrogen-bond acceptors (Lipinski definition) is 4. The van der Waals surface area contributed by atoms with Gasteiger partial charge in [-0.2, -0.15) is 0 Å². The molecule has 0 radical (unpaired) electrons. The first kappa shape index (κ1) is 19.5. The number of carbonyl (C=O) groups is 2. The number of ether oxygens (including phenoxy) is 2. The standard InChI is InChI=1S/C21H25NO4/c1-4-14-25-21(24)16-8-10-17(11-9-16)22-20(23)19(5-2)26-18-12-6-15(3)7-13-18/h6-13,19H,4-5,14H2,1-3H3,(H,22,23)/t19-/m0/s1. The van der Waals surface area contributed by atoms with Crippen LogP contribution in [0.5, 0.6) is 5.75 Å². The highest BCUT2D eigenvalue weighted by Crippen LogP contribution is 2.17. The quantitative estimate of drug-likeness (QED) is 0.715. The molecule has 0 heterocycles. The minimum absolute atomic E-state index is 0.227. The van der Waals surface area contributed by atoms with E-state index in [0.29, 0.717) is 30.0 Å². The lowest BCUT2D eigenvalue weighted by atomic mass is 10.2. The minimum Gasteiger partial charge on any atom is -0.481 e. The van der Waals surface area contributed by atoms with Crippen molar-refractivity contribution < 1.29 is 19.1 Å². The highest BCUT2D eigenvalue weighted by atomic mass is 16.5. The van der Waals surface area contributed by atoms with Gasteiger partial charge in [-0.3, -0.25) is 4.79 Å². The molecule has 0 bridgehead atoms. The van der Waals surface area contributed by atoms with Crippen LogP contribution in [0.2, 0.25) is 0 Å². The van der Waals surface area contributed by atoms with E-state index in [1.54, 1.807) is 24.3 Å². The summed E-state index contributed by atoms with van der Waals surface area (Å²) in [4.78, 5) is 24.2. The third-order valence-corrected chi connectivity index (χ3v) is 3.79. The predicted octanol–water partition coefficient (Wildman–Crippen LogP) is 4.36. The molecule has 5 nitrogen and oxygen atoms in total. The Kier molecular flexibility index (Phi) is 7.21. The molecule has 2 aromatic rings. The fraction of sp³-hybridized carbons (Fsp3) is 0.333. The summed E-state index contributed by atoms with van der Waals surface area (Å²) in [6, 6.07) is 14.2. The van der Waals surface area contributed by atoms with Crippen molar-refractivity contribution in [3.63, 3.8) is 0 Å². The molecule has 0 spiro atoms. The van der Waals surface area contributed by atoms with Gasteiger partial charge in [-0.25, -0.2) is 4.79 Å². The summed E-state index contributed by atoms with van der Waals surface area (Å²) in [7, 11) is 0. The summed E-state index contributed by atoms with van der Waals surface area (Å²) in [6.45, 7) is 6.22. The van der Waals surface area contributed by atoms with Crippen LogP contribution < -0.4 is 10.1 Å². The Morgan fingerprint density at radius 1 is 1.00 bits per heavy atom. The maximum absolute atomic E-state index is 12.4. The van der Waals surface area contributed by atoms with E-state index < -0.39 is 6.10 Å². The summed E-state index contributed by atoms with van der Waals surface area (Å²) in [5, 5.41) is 2.82. The number of benzene rings is 2. The number of hydrogen-bond donors (Lipinski definition) is 1. The normalized spacial score (nSPS) is 11.5. The SMILES string of the molecule is CCCOC(=O)c1ccc(NC(=O)[C@H](CC)Oc2ccc(C)cc2)cc1. The highest BCUT2D eigenvalue weighted by molar-refractivity contribution is 5.95. The molecule has 0 saturated carbocycles. The van der Waals surface area contributed by atoms with Crippen molar-refractivity contribution >= 4 is 17.6 Å². The van der Waals surface area contributed by atoms with Crippen molar-refractivity contribution in [2.75, 3.05) is 11.9 Å². The largest absolute Gasteiger partial charge is 0.481 e. The Bertz CT molecular complexity index is 723. The second-order valence-electron chi connectivity index (χ2n) is 6.03. The maximum Gasteiger partial charge on any atom is 0.338 e. The summed E-state index contributed by atoms with van der Waals surface area (Å²) < 4.78 is 10.9. The van der Waals surface area contributed by atoms with Crippen molar-refractivity contribution in [1.29, 1.82) is 0 Å². The van der Waals surface area contributed by atoms with E-state index in [1.165, 1.54) is 0 Å². The van der Waals surface area contributed by atoms with Gasteiger partial charge in [-0.15, -0.1) is 0 Å². The Labute approximate surface area is 154 Å². The van der Waals surface area contributed by atoms with Gasteiger partial charge in [0.15, 0.2) is 6.10 Å². The summed E-state index contributed by atoms with van der Waals surface area (Å²) in [5.41, 5.74) is 2.19. The van der Waals surface area contributed by atoms with Gasteiger partial charge in [0.2, 0.25) is 0 Å². The van der Waals surface area contributed by atoms with Gasteiger partial charge in [0.05, 0.1) is 12.2 Å². The molecule has 0 aliphatic carbocycles. The lowest BCUT2D eigenvalue weighted by Crippen LogP contribution is -2.32. The fourth-order valence-corrected chi connectivity index (χ4v) is 2.29. The molecule has 0 aromatic heterocycles. The van der Waals surface area contributed by atoms with Crippen LogP contribution in [0, 0.1) is 6.92 Å². The average Bonchev–Trinajstić information content (AvgIpc) is 2.66. The molecular formula is C21H25NO4. The number of carbonyl (C=O) groups excluding carboxylic acids is 2. The Morgan fingerprint density at radius 3 is 2.23 bits per heavy atom. The number of rotatable bonds is 8. The van der Waals surface area contributed by atoms with Crippen LogP contribution in [0.3, 0.4) is 0 Å². The second kappa shape index (κ2) is 9.61. The number of esters is 1. The molecule has 26 heavy (non-hydrogen) atoms. The zero-order chi connectivity index (χ0) is 18.9. The molecule has 2 rings (SSSR count). The number of aryl methyl sites for hydroxylation is 1. The van der Waals surface area contributed by atoms with Gasteiger partial charge in [0.25, 0.3) is 5.91 Å². The van der Waals surface area contributed by atoms with Crippen molar-refractivity contribution in [1.82, 2.24) is 0 Å². The van der Waals surface area contributed by atoms with Crippen molar-refractivity contribution in [2.24, 2.45) is 0 Å². The molecule has 1 atom stereocenters. The topological polar surface area (TPSA) is 64.6 Å². The lowest BCUT2D eigenvalue weighted by Gasteiger charge is -2.17. The van der Waals surface area contributed by atoms with Crippen molar-refractivity contribution in [2.45, 2.75) is 39.7 Å². The van der Waals surface area contributed by atoms with Gasteiger partial charge < -0.3 is 14.8 Å².